The summed E-state index contributed by atoms with van der Waals surface area (Å²) in [5.74, 6) is 0.154. The highest BCUT2D eigenvalue weighted by molar-refractivity contribution is 5.95. The highest BCUT2D eigenvalue weighted by Gasteiger charge is 2.34. The fourth-order valence-corrected chi connectivity index (χ4v) is 2.81. The Morgan fingerprint density at radius 1 is 1.15 bits per heavy atom. The van der Waals surface area contributed by atoms with Gasteiger partial charge in [-0.1, -0.05) is 12.1 Å². The molecule has 136 valence electrons. The fourth-order valence-electron chi connectivity index (χ4n) is 2.81. The van der Waals surface area contributed by atoms with E-state index in [4.69, 9.17) is 4.74 Å². The summed E-state index contributed by atoms with van der Waals surface area (Å²) in [6.45, 7) is 1.63. The van der Waals surface area contributed by atoms with Gasteiger partial charge in [-0.3, -0.25) is 4.79 Å². The van der Waals surface area contributed by atoms with Crippen LogP contribution in [-0.2, 0) is 11.0 Å². The first-order valence-electron chi connectivity index (χ1n) is 7.93. The third-order valence-electron chi connectivity index (χ3n) is 4.21. The first-order valence-corrected chi connectivity index (χ1v) is 7.93. The minimum Gasteiger partial charge on any atom is -0.497 e. The van der Waals surface area contributed by atoms with E-state index in [0.29, 0.717) is 5.75 Å². The number of anilines is 1. The summed E-state index contributed by atoms with van der Waals surface area (Å²) in [7, 11) is 1.56. The Morgan fingerprint density at radius 3 is 2.58 bits per heavy atom. The van der Waals surface area contributed by atoms with Gasteiger partial charge in [-0.25, -0.2) is 0 Å². The zero-order valence-electron chi connectivity index (χ0n) is 14.2. The van der Waals surface area contributed by atoms with Crippen LogP contribution in [0.25, 0.3) is 10.9 Å². The second kappa shape index (κ2) is 6.74. The van der Waals surface area contributed by atoms with Crippen LogP contribution in [0.5, 0.6) is 5.75 Å². The van der Waals surface area contributed by atoms with Crippen molar-refractivity contribution < 1.29 is 22.7 Å². The number of benzene rings is 2. The van der Waals surface area contributed by atoms with Crippen molar-refractivity contribution in [1.82, 2.24) is 4.57 Å². The van der Waals surface area contributed by atoms with Crippen LogP contribution < -0.4 is 10.1 Å². The van der Waals surface area contributed by atoms with Crippen molar-refractivity contribution in [1.29, 1.82) is 0 Å². The van der Waals surface area contributed by atoms with Crippen molar-refractivity contribution in [3.63, 3.8) is 0 Å². The molecule has 1 heterocycles. The van der Waals surface area contributed by atoms with Gasteiger partial charge in [0.15, 0.2) is 0 Å². The van der Waals surface area contributed by atoms with Gasteiger partial charge in [-0.05, 0) is 43.3 Å². The van der Waals surface area contributed by atoms with Gasteiger partial charge >= 0.3 is 6.18 Å². The molecule has 1 unspecified atom stereocenters. The van der Waals surface area contributed by atoms with Crippen LogP contribution in [0.1, 0.15) is 18.5 Å². The number of aromatic nitrogens is 1. The van der Waals surface area contributed by atoms with Crippen LogP contribution in [0.15, 0.2) is 54.7 Å². The highest BCUT2D eigenvalue weighted by atomic mass is 19.4. The summed E-state index contributed by atoms with van der Waals surface area (Å²) < 4.78 is 46.1. The van der Waals surface area contributed by atoms with E-state index in [1.807, 2.05) is 18.2 Å². The smallest absolute Gasteiger partial charge is 0.418 e. The van der Waals surface area contributed by atoms with Gasteiger partial charge in [0.1, 0.15) is 11.8 Å². The van der Waals surface area contributed by atoms with E-state index in [0.717, 1.165) is 17.0 Å². The molecule has 4 nitrogen and oxygen atoms in total. The molecule has 0 fully saturated rings. The van der Waals surface area contributed by atoms with Crippen molar-refractivity contribution in [2.45, 2.75) is 19.1 Å². The van der Waals surface area contributed by atoms with Gasteiger partial charge in [-0.15, -0.1) is 0 Å². The van der Waals surface area contributed by atoms with Gasteiger partial charge in [0.2, 0.25) is 5.91 Å². The summed E-state index contributed by atoms with van der Waals surface area (Å²) in [5.41, 5.74) is -0.338. The largest absolute Gasteiger partial charge is 0.497 e. The lowest BCUT2D eigenvalue weighted by Crippen LogP contribution is -2.24. The topological polar surface area (TPSA) is 43.3 Å². The number of methoxy groups -OCH3 is 1. The van der Waals surface area contributed by atoms with Gasteiger partial charge < -0.3 is 14.6 Å². The number of hydrogen-bond donors (Lipinski definition) is 1. The molecular formula is C19H17F3N2O2. The molecule has 0 aliphatic heterocycles. The first kappa shape index (κ1) is 17.8. The highest BCUT2D eigenvalue weighted by Crippen LogP contribution is 2.35. The number of carbonyl (C=O) groups excluding carboxylic acids is 1. The van der Waals surface area contributed by atoms with Crippen molar-refractivity contribution in [3.05, 3.63) is 60.3 Å². The van der Waals surface area contributed by atoms with Crippen LogP contribution in [-0.4, -0.2) is 17.6 Å². The second-order valence-electron chi connectivity index (χ2n) is 5.86. The molecule has 0 spiro atoms. The molecule has 0 aliphatic carbocycles. The Balaban J connectivity index is 1.88. The number of nitrogens with zero attached hydrogens (tertiary/aromatic N) is 1. The van der Waals surface area contributed by atoms with Crippen LogP contribution in [0, 0.1) is 0 Å². The van der Waals surface area contributed by atoms with E-state index in [-0.39, 0.29) is 5.69 Å². The Labute approximate surface area is 148 Å². The number of hydrogen-bond acceptors (Lipinski definition) is 2. The van der Waals surface area contributed by atoms with Gasteiger partial charge in [0.05, 0.1) is 18.4 Å². The monoisotopic (exact) mass is 362 g/mol. The Morgan fingerprint density at radius 2 is 1.88 bits per heavy atom. The number of para-hydroxylation sites is 1. The number of alkyl halides is 3. The lowest BCUT2D eigenvalue weighted by Gasteiger charge is -2.18. The minimum absolute atomic E-state index is 0.255. The van der Waals surface area contributed by atoms with Gasteiger partial charge in [0.25, 0.3) is 0 Å². The summed E-state index contributed by atoms with van der Waals surface area (Å²) in [5, 5.41) is 3.26. The van der Waals surface area contributed by atoms with Gasteiger partial charge in [0, 0.05) is 17.1 Å². The molecule has 1 amide bonds. The Bertz CT molecular complexity index is 947. The molecule has 26 heavy (non-hydrogen) atoms. The SMILES string of the molecule is COc1ccc2c(ccn2C(C)C(=O)Nc2ccccc2C(F)(F)F)c1. The number of fused-ring (bicyclic) bond motifs is 1. The maximum atomic E-state index is 13.1. The molecule has 1 aromatic heterocycles. The lowest BCUT2D eigenvalue weighted by molar-refractivity contribution is -0.137. The van der Waals surface area contributed by atoms with E-state index in [1.165, 1.54) is 18.2 Å². The molecule has 0 bridgehead atoms. The number of amides is 1. The molecular weight excluding hydrogens is 345 g/mol. The first-order chi connectivity index (χ1) is 12.3. The Kier molecular flexibility index (Phi) is 4.63. The van der Waals surface area contributed by atoms with Gasteiger partial charge in [-0.2, -0.15) is 13.2 Å². The third-order valence-corrected chi connectivity index (χ3v) is 4.21. The number of carbonyl (C=O) groups is 1. The average molecular weight is 362 g/mol. The predicted molar refractivity (Wildman–Crippen MR) is 93.3 cm³/mol. The third kappa shape index (κ3) is 3.37. The standard InChI is InChI=1S/C19H17F3N2O2/c1-12(24-10-9-13-11-14(26-2)7-8-17(13)24)18(25)23-16-6-4-3-5-15(16)19(20,21)22/h3-12H,1-2H3,(H,23,25). The van der Waals surface area contributed by atoms with Crippen LogP contribution in [0.3, 0.4) is 0 Å². The molecule has 0 aliphatic rings. The molecule has 0 saturated carbocycles. The predicted octanol–water partition coefficient (Wildman–Crippen LogP) is 4.87. The zero-order valence-corrected chi connectivity index (χ0v) is 14.2. The number of rotatable bonds is 4. The minimum atomic E-state index is -4.54. The number of halogens is 3. The molecule has 0 radical (unpaired) electrons. The van der Waals surface area contributed by atoms with E-state index < -0.39 is 23.7 Å². The molecule has 1 atom stereocenters. The molecule has 7 heteroatoms. The maximum absolute atomic E-state index is 13.1. The number of ether oxygens (including phenoxy) is 1. The molecule has 1 N–H and O–H groups in total. The zero-order chi connectivity index (χ0) is 18.9. The summed E-state index contributed by atoms with van der Waals surface area (Å²) in [6, 6.07) is 11.5. The van der Waals surface area contributed by atoms with Crippen LogP contribution in [0.4, 0.5) is 18.9 Å². The lowest BCUT2D eigenvalue weighted by atomic mass is 10.1. The van der Waals surface area contributed by atoms with E-state index in [2.05, 4.69) is 5.32 Å². The Hall–Kier alpha value is -2.96. The van der Waals surface area contributed by atoms with E-state index in [9.17, 15) is 18.0 Å². The molecule has 0 saturated heterocycles. The summed E-state index contributed by atoms with van der Waals surface area (Å²) >= 11 is 0. The molecule has 3 rings (SSSR count). The van der Waals surface area contributed by atoms with Crippen molar-refractivity contribution in [3.8, 4) is 5.75 Å². The molecule has 2 aromatic carbocycles. The fraction of sp³-hybridized carbons (Fsp3) is 0.211. The average Bonchev–Trinajstić information content (AvgIpc) is 3.03. The van der Waals surface area contributed by atoms with E-state index >= 15 is 0 Å². The second-order valence-corrected chi connectivity index (χ2v) is 5.86. The molecule has 3 aromatic rings. The van der Waals surface area contributed by atoms with Crippen molar-refractivity contribution in [2.24, 2.45) is 0 Å². The van der Waals surface area contributed by atoms with Crippen LogP contribution in [0.2, 0.25) is 0 Å². The van der Waals surface area contributed by atoms with E-state index in [1.54, 1.807) is 30.9 Å². The number of nitrogens with one attached hydrogen (secondary N) is 1. The van der Waals surface area contributed by atoms with Crippen molar-refractivity contribution in [2.75, 3.05) is 12.4 Å². The summed E-state index contributed by atoms with van der Waals surface area (Å²) in [4.78, 5) is 12.5. The summed E-state index contributed by atoms with van der Waals surface area (Å²) in [6.07, 6.45) is -2.81. The normalized spacial score (nSPS) is 12.8. The van der Waals surface area contributed by atoms with Crippen LogP contribution >= 0.6 is 0 Å². The maximum Gasteiger partial charge on any atom is 0.418 e. The quantitative estimate of drug-likeness (QED) is 0.720. The van der Waals surface area contributed by atoms with Crippen molar-refractivity contribution >= 4 is 22.5 Å².